The van der Waals surface area contributed by atoms with Gasteiger partial charge in [0.2, 0.25) is 0 Å². The van der Waals surface area contributed by atoms with Crippen molar-refractivity contribution in [2.75, 3.05) is 0 Å². The van der Waals surface area contributed by atoms with Gasteiger partial charge < -0.3 is 14.6 Å². The van der Waals surface area contributed by atoms with Crippen molar-refractivity contribution in [2.45, 2.75) is 72.3 Å². The van der Waals surface area contributed by atoms with Gasteiger partial charge in [-0.2, -0.15) is 0 Å². The van der Waals surface area contributed by atoms with E-state index in [1.807, 2.05) is 13.8 Å². The molecule has 174 valence electrons. The largest absolute Gasteiger partial charge is 0.507 e. The molecule has 0 bridgehead atoms. The van der Waals surface area contributed by atoms with Crippen LogP contribution in [0.3, 0.4) is 0 Å². The number of benzene rings is 2. The number of para-hydroxylation sites is 1. The zero-order valence-electron chi connectivity index (χ0n) is 19.3. The number of carbonyl (C=O) groups is 2. The molecular formula is C26H33FO5. The number of esters is 1. The number of rotatable bonds is 12. The summed E-state index contributed by atoms with van der Waals surface area (Å²) in [7, 11) is 0. The van der Waals surface area contributed by atoms with Crippen LogP contribution >= 0.6 is 0 Å². The molecule has 0 saturated carbocycles. The third kappa shape index (κ3) is 6.55. The predicted molar refractivity (Wildman–Crippen MR) is 122 cm³/mol. The first kappa shape index (κ1) is 25.4. The normalized spacial score (nSPS) is 12.8. The maximum atomic E-state index is 14.6. The van der Waals surface area contributed by atoms with Crippen LogP contribution in [0.25, 0.3) is 0 Å². The number of Topliss-reactive ketones (excluding diaryl/α,β-unsaturated/α-hetero) is 1. The first-order valence-corrected chi connectivity index (χ1v) is 11.4. The molecule has 0 saturated heterocycles. The van der Waals surface area contributed by atoms with E-state index in [9.17, 15) is 19.1 Å². The number of aromatic hydroxyl groups is 1. The molecule has 32 heavy (non-hydrogen) atoms. The van der Waals surface area contributed by atoms with Crippen LogP contribution in [0.15, 0.2) is 36.4 Å². The second-order valence-electron chi connectivity index (χ2n) is 8.03. The molecule has 0 spiro atoms. The van der Waals surface area contributed by atoms with Crippen molar-refractivity contribution in [1.29, 1.82) is 0 Å². The number of phenolic OH excluding ortho intramolecular Hbond substituents is 1. The Balaban J connectivity index is 2.24. The molecule has 2 rings (SSSR count). The zero-order chi connectivity index (χ0) is 23.7. The van der Waals surface area contributed by atoms with Crippen molar-refractivity contribution in [3.05, 3.63) is 53.3 Å². The molecule has 0 aromatic heterocycles. The summed E-state index contributed by atoms with van der Waals surface area (Å²) in [6.07, 6.45) is 4.79. The van der Waals surface area contributed by atoms with Gasteiger partial charge >= 0.3 is 5.97 Å². The van der Waals surface area contributed by atoms with E-state index in [-0.39, 0.29) is 46.2 Å². The fraction of sp³-hybridized carbons (Fsp3) is 0.462. The summed E-state index contributed by atoms with van der Waals surface area (Å²) in [5.41, 5.74) is 0.147. The molecule has 0 aliphatic rings. The first-order chi connectivity index (χ1) is 15.3. The second kappa shape index (κ2) is 12.2. The minimum absolute atomic E-state index is 0.0261. The highest BCUT2D eigenvalue weighted by Gasteiger charge is 2.23. The van der Waals surface area contributed by atoms with Crippen molar-refractivity contribution < 1.29 is 28.6 Å². The first-order valence-electron chi connectivity index (χ1n) is 11.4. The Labute approximate surface area is 189 Å². The molecule has 5 nitrogen and oxygen atoms in total. The third-order valence-electron chi connectivity index (χ3n) is 5.47. The maximum absolute atomic E-state index is 14.6. The lowest BCUT2D eigenvalue weighted by atomic mass is 9.96. The van der Waals surface area contributed by atoms with Crippen LogP contribution in [-0.4, -0.2) is 23.0 Å². The van der Waals surface area contributed by atoms with Gasteiger partial charge in [0.15, 0.2) is 17.3 Å². The van der Waals surface area contributed by atoms with E-state index in [1.165, 1.54) is 36.4 Å². The van der Waals surface area contributed by atoms with E-state index in [1.54, 1.807) is 6.92 Å². The Morgan fingerprint density at radius 2 is 1.78 bits per heavy atom. The molecule has 0 radical (unpaired) electrons. The summed E-state index contributed by atoms with van der Waals surface area (Å²) in [5, 5.41) is 10.3. The molecule has 6 heteroatoms. The number of ether oxygens (including phenoxy) is 2. The van der Waals surface area contributed by atoms with Gasteiger partial charge in [0.05, 0.1) is 11.7 Å². The molecular weight excluding hydrogens is 411 g/mol. The van der Waals surface area contributed by atoms with Crippen molar-refractivity contribution in [3.8, 4) is 17.2 Å². The lowest BCUT2D eigenvalue weighted by Crippen LogP contribution is -2.20. The molecule has 0 amide bonds. The van der Waals surface area contributed by atoms with Gasteiger partial charge in [-0.3, -0.25) is 4.79 Å². The fourth-order valence-corrected chi connectivity index (χ4v) is 3.37. The summed E-state index contributed by atoms with van der Waals surface area (Å²) in [4.78, 5) is 25.1. The standard InChI is InChI=1S/C26H33FO5/c1-5-8-11-18(10-6-2)31-25-21(12-9-13-22(25)27)26(30)32-19-14-15-20(23(28)16-19)24(29)17(4)7-3/h9,12-18,28H,5-8,10-11H2,1-4H3/t17?,18-/m0/s1. The number of carbonyl (C=O) groups excluding carboxylic acids is 2. The Kier molecular flexibility index (Phi) is 9.69. The number of hydrogen-bond donors (Lipinski definition) is 1. The van der Waals surface area contributed by atoms with Gasteiger partial charge in [0.1, 0.15) is 17.1 Å². The van der Waals surface area contributed by atoms with E-state index >= 15 is 0 Å². The SMILES string of the molecule is CCCC[C@H](CCC)Oc1c(F)cccc1C(=O)Oc1ccc(C(=O)C(C)CC)c(O)c1. The Morgan fingerprint density at radius 3 is 2.41 bits per heavy atom. The van der Waals surface area contributed by atoms with Gasteiger partial charge in [-0.25, -0.2) is 9.18 Å². The van der Waals surface area contributed by atoms with Crippen LogP contribution in [0.1, 0.15) is 86.9 Å². The van der Waals surface area contributed by atoms with Crippen LogP contribution in [0, 0.1) is 11.7 Å². The second-order valence-corrected chi connectivity index (χ2v) is 8.03. The van der Waals surface area contributed by atoms with E-state index in [2.05, 4.69) is 6.92 Å². The van der Waals surface area contributed by atoms with Crippen LogP contribution in [0.5, 0.6) is 17.2 Å². The van der Waals surface area contributed by atoms with E-state index in [0.29, 0.717) is 6.42 Å². The molecule has 0 heterocycles. The summed E-state index contributed by atoms with van der Waals surface area (Å²) in [6.45, 7) is 7.78. The van der Waals surface area contributed by atoms with E-state index in [0.717, 1.165) is 32.1 Å². The summed E-state index contributed by atoms with van der Waals surface area (Å²) >= 11 is 0. The fourth-order valence-electron chi connectivity index (χ4n) is 3.37. The van der Waals surface area contributed by atoms with Crippen LogP contribution in [0.4, 0.5) is 4.39 Å². The zero-order valence-corrected chi connectivity index (χ0v) is 19.3. The van der Waals surface area contributed by atoms with Crippen molar-refractivity contribution in [2.24, 2.45) is 5.92 Å². The molecule has 0 aliphatic carbocycles. The smallest absolute Gasteiger partial charge is 0.347 e. The highest BCUT2D eigenvalue weighted by molar-refractivity contribution is 6.00. The monoisotopic (exact) mass is 444 g/mol. The number of halogens is 1. The Morgan fingerprint density at radius 1 is 1.03 bits per heavy atom. The summed E-state index contributed by atoms with van der Waals surface area (Å²) in [5.74, 6) is -2.18. The molecule has 2 aromatic rings. The molecule has 2 aromatic carbocycles. The average Bonchev–Trinajstić information content (AvgIpc) is 2.77. The van der Waals surface area contributed by atoms with E-state index < -0.39 is 11.8 Å². The molecule has 1 N–H and O–H groups in total. The van der Waals surface area contributed by atoms with Crippen LogP contribution in [0.2, 0.25) is 0 Å². The molecule has 1 unspecified atom stereocenters. The highest BCUT2D eigenvalue weighted by Crippen LogP contribution is 2.30. The van der Waals surface area contributed by atoms with Crippen molar-refractivity contribution >= 4 is 11.8 Å². The lowest BCUT2D eigenvalue weighted by molar-refractivity contribution is 0.0723. The summed E-state index contributed by atoms with van der Waals surface area (Å²) in [6, 6.07) is 8.20. The third-order valence-corrected chi connectivity index (χ3v) is 5.47. The van der Waals surface area contributed by atoms with Gasteiger partial charge in [0, 0.05) is 12.0 Å². The van der Waals surface area contributed by atoms with Crippen molar-refractivity contribution in [3.63, 3.8) is 0 Å². The number of unbranched alkanes of at least 4 members (excludes halogenated alkanes) is 1. The molecule has 2 atom stereocenters. The number of phenols is 1. The van der Waals surface area contributed by atoms with Gasteiger partial charge in [-0.05, 0) is 43.5 Å². The summed E-state index contributed by atoms with van der Waals surface area (Å²) < 4.78 is 25.9. The lowest BCUT2D eigenvalue weighted by Gasteiger charge is -2.20. The quantitative estimate of drug-likeness (QED) is 0.224. The molecule has 0 aliphatic heterocycles. The predicted octanol–water partition coefficient (Wildman–Crippen LogP) is 6.72. The molecule has 0 fully saturated rings. The van der Waals surface area contributed by atoms with Crippen LogP contribution in [-0.2, 0) is 0 Å². The van der Waals surface area contributed by atoms with Crippen LogP contribution < -0.4 is 9.47 Å². The number of hydrogen-bond acceptors (Lipinski definition) is 5. The topological polar surface area (TPSA) is 72.8 Å². The highest BCUT2D eigenvalue weighted by atomic mass is 19.1. The number of ketones is 1. The Bertz CT molecular complexity index is 924. The Hall–Kier alpha value is -2.89. The van der Waals surface area contributed by atoms with Gasteiger partial charge in [0.25, 0.3) is 0 Å². The average molecular weight is 445 g/mol. The van der Waals surface area contributed by atoms with Gasteiger partial charge in [-0.15, -0.1) is 0 Å². The van der Waals surface area contributed by atoms with E-state index in [4.69, 9.17) is 9.47 Å². The maximum Gasteiger partial charge on any atom is 0.347 e. The van der Waals surface area contributed by atoms with Gasteiger partial charge in [-0.1, -0.05) is 53.0 Å². The minimum Gasteiger partial charge on any atom is -0.507 e. The minimum atomic E-state index is -0.800. The van der Waals surface area contributed by atoms with Crippen molar-refractivity contribution in [1.82, 2.24) is 0 Å².